The maximum atomic E-state index is 5.97. The second kappa shape index (κ2) is 6.60. The first-order chi connectivity index (χ1) is 10.3. The zero-order valence-corrected chi connectivity index (χ0v) is 13.1. The zero-order chi connectivity index (χ0) is 14.7. The van der Waals surface area contributed by atoms with E-state index in [0.29, 0.717) is 12.1 Å². The van der Waals surface area contributed by atoms with Gasteiger partial charge in [-0.25, -0.2) is 9.97 Å². The van der Waals surface area contributed by atoms with E-state index in [4.69, 9.17) is 9.72 Å². The number of rotatable bonds is 4. The third-order valence-corrected chi connectivity index (χ3v) is 4.52. The number of fused-ring (bicyclic) bond motifs is 1. The Bertz CT molecular complexity index is 477. The van der Waals surface area contributed by atoms with Gasteiger partial charge in [-0.1, -0.05) is 19.8 Å². The molecule has 5 nitrogen and oxygen atoms in total. The number of anilines is 2. The van der Waals surface area contributed by atoms with Crippen molar-refractivity contribution in [3.63, 3.8) is 0 Å². The van der Waals surface area contributed by atoms with Crippen molar-refractivity contribution in [2.75, 3.05) is 30.4 Å². The van der Waals surface area contributed by atoms with Gasteiger partial charge in [0.05, 0.1) is 18.8 Å². The zero-order valence-electron chi connectivity index (χ0n) is 13.1. The molecule has 2 atom stereocenters. The number of morpholine rings is 1. The summed E-state index contributed by atoms with van der Waals surface area (Å²) in [5, 5.41) is 3.17. The first-order valence-corrected chi connectivity index (χ1v) is 8.25. The molecular formula is C16H26N4O. The summed E-state index contributed by atoms with van der Waals surface area (Å²) >= 11 is 0. The first-order valence-electron chi connectivity index (χ1n) is 8.25. The number of hydrogen-bond donors (Lipinski definition) is 1. The molecule has 21 heavy (non-hydrogen) atoms. The van der Waals surface area contributed by atoms with Crippen molar-refractivity contribution in [3.8, 4) is 0 Å². The van der Waals surface area contributed by atoms with E-state index in [9.17, 15) is 0 Å². The molecule has 0 spiro atoms. The van der Waals surface area contributed by atoms with Gasteiger partial charge in [-0.2, -0.15) is 0 Å². The fourth-order valence-electron chi connectivity index (χ4n) is 3.47. The SMILES string of the molecule is CCCc1nc(NC)cc(N2CCOC3CCCCC32)n1. The van der Waals surface area contributed by atoms with Crippen molar-refractivity contribution < 1.29 is 4.74 Å². The maximum Gasteiger partial charge on any atom is 0.134 e. The summed E-state index contributed by atoms with van der Waals surface area (Å²) in [4.78, 5) is 11.8. The van der Waals surface area contributed by atoms with Crippen molar-refractivity contribution in [1.29, 1.82) is 0 Å². The van der Waals surface area contributed by atoms with Gasteiger partial charge in [-0.3, -0.25) is 0 Å². The summed E-state index contributed by atoms with van der Waals surface area (Å²) in [5.74, 6) is 2.93. The van der Waals surface area contributed by atoms with Crippen LogP contribution in [0.4, 0.5) is 11.6 Å². The van der Waals surface area contributed by atoms with Crippen molar-refractivity contribution in [2.24, 2.45) is 0 Å². The first kappa shape index (κ1) is 14.6. The predicted octanol–water partition coefficient (Wildman–Crippen LogP) is 2.62. The molecule has 0 bridgehead atoms. The monoisotopic (exact) mass is 290 g/mol. The highest BCUT2D eigenvalue weighted by Gasteiger charge is 2.35. The maximum absolute atomic E-state index is 5.97. The molecule has 116 valence electrons. The van der Waals surface area contributed by atoms with Gasteiger partial charge in [-0.15, -0.1) is 0 Å². The molecular weight excluding hydrogens is 264 g/mol. The Kier molecular flexibility index (Phi) is 4.58. The van der Waals surface area contributed by atoms with E-state index >= 15 is 0 Å². The van der Waals surface area contributed by atoms with Gasteiger partial charge in [0.2, 0.25) is 0 Å². The highest BCUT2D eigenvalue weighted by Crippen LogP contribution is 2.31. The Morgan fingerprint density at radius 2 is 2.19 bits per heavy atom. The Morgan fingerprint density at radius 1 is 1.33 bits per heavy atom. The van der Waals surface area contributed by atoms with E-state index in [2.05, 4.69) is 28.2 Å². The van der Waals surface area contributed by atoms with Gasteiger partial charge >= 0.3 is 0 Å². The summed E-state index contributed by atoms with van der Waals surface area (Å²) in [7, 11) is 1.92. The average Bonchev–Trinajstić information content (AvgIpc) is 2.54. The van der Waals surface area contributed by atoms with Gasteiger partial charge in [0.1, 0.15) is 17.5 Å². The van der Waals surface area contributed by atoms with Crippen LogP contribution in [0, 0.1) is 0 Å². The standard InChI is InChI=1S/C16H26N4O/c1-3-6-14-18-15(17-2)11-16(19-14)20-9-10-21-13-8-5-4-7-12(13)20/h11-13H,3-10H2,1-2H3,(H,17,18,19). The molecule has 0 aromatic carbocycles. The van der Waals surface area contributed by atoms with Gasteiger partial charge in [0, 0.05) is 26.1 Å². The number of aromatic nitrogens is 2. The molecule has 1 saturated carbocycles. The summed E-state index contributed by atoms with van der Waals surface area (Å²) in [6.07, 6.45) is 7.38. The van der Waals surface area contributed by atoms with E-state index in [1.807, 2.05) is 7.05 Å². The molecule has 1 aliphatic carbocycles. The van der Waals surface area contributed by atoms with Crippen LogP contribution < -0.4 is 10.2 Å². The molecule has 0 amide bonds. The van der Waals surface area contributed by atoms with Gasteiger partial charge < -0.3 is 15.0 Å². The van der Waals surface area contributed by atoms with Crippen molar-refractivity contribution in [3.05, 3.63) is 11.9 Å². The van der Waals surface area contributed by atoms with Crippen LogP contribution in [0.1, 0.15) is 44.9 Å². The van der Waals surface area contributed by atoms with E-state index in [1.54, 1.807) is 0 Å². The Morgan fingerprint density at radius 3 is 3.00 bits per heavy atom. The second-order valence-corrected chi connectivity index (χ2v) is 5.98. The fraction of sp³-hybridized carbons (Fsp3) is 0.750. The lowest BCUT2D eigenvalue weighted by molar-refractivity contribution is -0.00900. The second-order valence-electron chi connectivity index (χ2n) is 5.98. The number of aryl methyl sites for hydroxylation is 1. The molecule has 2 fully saturated rings. The van der Waals surface area contributed by atoms with Crippen molar-refractivity contribution >= 4 is 11.6 Å². The molecule has 1 aliphatic heterocycles. The molecule has 2 aliphatic rings. The molecule has 2 heterocycles. The number of ether oxygens (including phenoxy) is 1. The van der Waals surface area contributed by atoms with E-state index in [1.165, 1.54) is 25.7 Å². The molecule has 2 unspecified atom stereocenters. The summed E-state index contributed by atoms with van der Waals surface area (Å²) < 4.78 is 5.97. The Balaban J connectivity index is 1.88. The molecule has 3 rings (SSSR count). The minimum Gasteiger partial charge on any atom is -0.374 e. The molecule has 1 saturated heterocycles. The lowest BCUT2D eigenvalue weighted by atomic mass is 9.90. The summed E-state index contributed by atoms with van der Waals surface area (Å²) in [5.41, 5.74) is 0. The minimum absolute atomic E-state index is 0.384. The number of nitrogens with zero attached hydrogens (tertiary/aromatic N) is 3. The number of nitrogens with one attached hydrogen (secondary N) is 1. The predicted molar refractivity (Wildman–Crippen MR) is 84.9 cm³/mol. The molecule has 1 aromatic heterocycles. The van der Waals surface area contributed by atoms with Crippen LogP contribution in [0.2, 0.25) is 0 Å². The van der Waals surface area contributed by atoms with Crippen LogP contribution in [-0.2, 0) is 11.2 Å². The lowest BCUT2D eigenvalue weighted by Crippen LogP contribution is -2.53. The third-order valence-electron chi connectivity index (χ3n) is 4.52. The Hall–Kier alpha value is -1.36. The van der Waals surface area contributed by atoms with Crippen LogP contribution in [-0.4, -0.2) is 42.3 Å². The van der Waals surface area contributed by atoms with Gasteiger partial charge in [0.15, 0.2) is 0 Å². The Labute approximate surface area is 127 Å². The highest BCUT2D eigenvalue weighted by atomic mass is 16.5. The summed E-state index contributed by atoms with van der Waals surface area (Å²) in [6.45, 7) is 3.91. The molecule has 5 heteroatoms. The number of hydrogen-bond acceptors (Lipinski definition) is 5. The van der Waals surface area contributed by atoms with Crippen LogP contribution in [0.15, 0.2) is 6.07 Å². The minimum atomic E-state index is 0.384. The topological polar surface area (TPSA) is 50.3 Å². The third kappa shape index (κ3) is 3.12. The van der Waals surface area contributed by atoms with Crippen LogP contribution in [0.3, 0.4) is 0 Å². The van der Waals surface area contributed by atoms with Crippen LogP contribution in [0.25, 0.3) is 0 Å². The molecule has 1 N–H and O–H groups in total. The quantitative estimate of drug-likeness (QED) is 0.924. The van der Waals surface area contributed by atoms with Crippen molar-refractivity contribution in [2.45, 2.75) is 57.6 Å². The van der Waals surface area contributed by atoms with E-state index in [0.717, 1.165) is 43.5 Å². The normalized spacial score (nSPS) is 25.5. The van der Waals surface area contributed by atoms with Crippen LogP contribution >= 0.6 is 0 Å². The smallest absolute Gasteiger partial charge is 0.134 e. The van der Waals surface area contributed by atoms with E-state index in [-0.39, 0.29) is 0 Å². The fourth-order valence-corrected chi connectivity index (χ4v) is 3.47. The van der Waals surface area contributed by atoms with Gasteiger partial charge in [-0.05, 0) is 19.3 Å². The molecule has 1 aromatic rings. The van der Waals surface area contributed by atoms with E-state index < -0.39 is 0 Å². The molecule has 0 radical (unpaired) electrons. The van der Waals surface area contributed by atoms with Crippen molar-refractivity contribution in [1.82, 2.24) is 9.97 Å². The highest BCUT2D eigenvalue weighted by molar-refractivity contribution is 5.50. The van der Waals surface area contributed by atoms with Gasteiger partial charge in [0.25, 0.3) is 0 Å². The average molecular weight is 290 g/mol. The van der Waals surface area contributed by atoms with Crippen LogP contribution in [0.5, 0.6) is 0 Å². The largest absolute Gasteiger partial charge is 0.374 e. The lowest BCUT2D eigenvalue weighted by Gasteiger charge is -2.44. The summed E-state index contributed by atoms with van der Waals surface area (Å²) in [6, 6.07) is 2.57.